The van der Waals surface area contributed by atoms with Gasteiger partial charge < -0.3 is 9.84 Å². The van der Waals surface area contributed by atoms with E-state index in [0.29, 0.717) is 0 Å². The summed E-state index contributed by atoms with van der Waals surface area (Å²) in [6.07, 6.45) is 5.63. The minimum absolute atomic E-state index is 0.138. The Kier molecular flexibility index (Phi) is 4.27. The molecule has 0 spiro atoms. The van der Waals surface area contributed by atoms with Crippen LogP contribution >= 0.6 is 11.3 Å². The van der Waals surface area contributed by atoms with E-state index in [9.17, 15) is 4.79 Å². The number of rotatable bonds is 6. The van der Waals surface area contributed by atoms with Gasteiger partial charge in [-0.25, -0.2) is 9.48 Å². The molecular weight excluding hydrogens is 252 g/mol. The molecule has 0 atom stereocenters. The molecule has 18 heavy (non-hydrogen) atoms. The molecule has 2 heterocycles. The lowest BCUT2D eigenvalue weighted by atomic mass is 10.3. The van der Waals surface area contributed by atoms with Crippen LogP contribution in [0.1, 0.15) is 10.6 Å². The predicted octanol–water partition coefficient (Wildman–Crippen LogP) is 2.17. The number of carboxylic acid groups (broad SMARTS) is 1. The largest absolute Gasteiger partial charge is 0.480 e. The summed E-state index contributed by atoms with van der Waals surface area (Å²) in [6, 6.07) is 5.85. The van der Waals surface area contributed by atoms with Crippen LogP contribution < -0.4 is 0 Å². The van der Waals surface area contributed by atoms with E-state index in [4.69, 9.17) is 9.84 Å². The van der Waals surface area contributed by atoms with Gasteiger partial charge in [0.2, 0.25) is 0 Å². The predicted molar refractivity (Wildman–Crippen MR) is 69.1 cm³/mol. The first kappa shape index (κ1) is 12.5. The Bertz CT molecular complexity index is 531. The Labute approximate surface area is 108 Å². The average Bonchev–Trinajstić information content (AvgIpc) is 2.96. The molecular formula is C12H12N2O3S. The SMILES string of the molecule is O=C(O)COCn1ccc(/C=C/c2cccs2)n1. The van der Waals surface area contributed by atoms with Gasteiger partial charge >= 0.3 is 5.97 Å². The maximum Gasteiger partial charge on any atom is 0.329 e. The zero-order chi connectivity index (χ0) is 12.8. The fourth-order valence-electron chi connectivity index (χ4n) is 1.32. The molecule has 5 nitrogen and oxygen atoms in total. The van der Waals surface area contributed by atoms with E-state index < -0.39 is 5.97 Å². The number of hydrogen-bond donors (Lipinski definition) is 1. The topological polar surface area (TPSA) is 64.3 Å². The van der Waals surface area contributed by atoms with Gasteiger partial charge in [0, 0.05) is 11.1 Å². The summed E-state index contributed by atoms with van der Waals surface area (Å²) in [5.41, 5.74) is 0.808. The maximum absolute atomic E-state index is 10.3. The molecule has 0 aliphatic carbocycles. The minimum Gasteiger partial charge on any atom is -0.480 e. The summed E-state index contributed by atoms with van der Waals surface area (Å²) in [7, 11) is 0. The fourth-order valence-corrected chi connectivity index (χ4v) is 1.94. The van der Waals surface area contributed by atoms with Crippen molar-refractivity contribution >= 4 is 29.5 Å². The van der Waals surface area contributed by atoms with Crippen molar-refractivity contribution in [1.82, 2.24) is 9.78 Å². The second kappa shape index (κ2) is 6.13. The van der Waals surface area contributed by atoms with Crippen molar-refractivity contribution in [3.8, 4) is 0 Å². The quantitative estimate of drug-likeness (QED) is 0.868. The average molecular weight is 264 g/mol. The molecule has 0 aliphatic heterocycles. The Balaban J connectivity index is 1.88. The number of carboxylic acids is 1. The van der Waals surface area contributed by atoms with Crippen molar-refractivity contribution in [2.75, 3.05) is 6.61 Å². The molecule has 2 rings (SSSR count). The molecule has 0 saturated heterocycles. The third kappa shape index (κ3) is 3.83. The highest BCUT2D eigenvalue weighted by Gasteiger charge is 1.98. The van der Waals surface area contributed by atoms with Crippen molar-refractivity contribution in [2.24, 2.45) is 0 Å². The fraction of sp³-hybridized carbons (Fsp3) is 0.167. The van der Waals surface area contributed by atoms with Gasteiger partial charge in [0.25, 0.3) is 0 Å². The van der Waals surface area contributed by atoms with Crippen LogP contribution in [0.25, 0.3) is 12.2 Å². The van der Waals surface area contributed by atoms with Crippen LogP contribution in [-0.2, 0) is 16.3 Å². The molecule has 0 aromatic carbocycles. The lowest BCUT2D eigenvalue weighted by Crippen LogP contribution is -2.10. The minimum atomic E-state index is -0.986. The maximum atomic E-state index is 10.3. The summed E-state index contributed by atoms with van der Waals surface area (Å²) >= 11 is 1.65. The smallest absolute Gasteiger partial charge is 0.329 e. The van der Waals surface area contributed by atoms with Crippen molar-refractivity contribution in [1.29, 1.82) is 0 Å². The van der Waals surface area contributed by atoms with Crippen LogP contribution in [0.5, 0.6) is 0 Å². The van der Waals surface area contributed by atoms with Crippen molar-refractivity contribution in [2.45, 2.75) is 6.73 Å². The molecule has 0 unspecified atom stereocenters. The monoisotopic (exact) mass is 264 g/mol. The summed E-state index contributed by atoms with van der Waals surface area (Å²) in [6.45, 7) is -0.181. The number of nitrogens with zero attached hydrogens (tertiary/aromatic N) is 2. The number of ether oxygens (including phenoxy) is 1. The van der Waals surface area contributed by atoms with Gasteiger partial charge in [-0.05, 0) is 29.7 Å². The number of aliphatic carboxylic acids is 1. The highest BCUT2D eigenvalue weighted by Crippen LogP contribution is 2.12. The lowest BCUT2D eigenvalue weighted by molar-refractivity contribution is -0.143. The van der Waals surface area contributed by atoms with Crippen molar-refractivity contribution < 1.29 is 14.6 Å². The second-order valence-electron chi connectivity index (χ2n) is 3.50. The first-order valence-electron chi connectivity index (χ1n) is 5.28. The Morgan fingerprint density at radius 2 is 2.39 bits per heavy atom. The highest BCUT2D eigenvalue weighted by atomic mass is 32.1. The normalized spacial score (nSPS) is 11.1. The van der Waals surface area contributed by atoms with Crippen LogP contribution in [0, 0.1) is 0 Å². The number of carbonyl (C=O) groups is 1. The molecule has 0 aliphatic rings. The van der Waals surface area contributed by atoms with Crippen LogP contribution in [0.3, 0.4) is 0 Å². The third-order valence-corrected chi connectivity index (χ3v) is 2.91. The van der Waals surface area contributed by atoms with Crippen molar-refractivity contribution in [3.05, 3.63) is 40.3 Å². The summed E-state index contributed by atoms with van der Waals surface area (Å²) < 4.78 is 6.48. The van der Waals surface area contributed by atoms with E-state index in [2.05, 4.69) is 5.10 Å². The molecule has 94 valence electrons. The zero-order valence-corrected chi connectivity index (χ0v) is 10.3. The summed E-state index contributed by atoms with van der Waals surface area (Å²) in [4.78, 5) is 11.4. The molecule has 0 saturated carbocycles. The van der Waals surface area contributed by atoms with E-state index in [0.717, 1.165) is 10.6 Å². The molecule has 2 aromatic heterocycles. The van der Waals surface area contributed by atoms with Crippen LogP contribution in [0.4, 0.5) is 0 Å². The highest BCUT2D eigenvalue weighted by molar-refractivity contribution is 7.10. The molecule has 2 aromatic rings. The zero-order valence-electron chi connectivity index (χ0n) is 9.52. The van der Waals surface area contributed by atoms with Gasteiger partial charge in [0.15, 0.2) is 0 Å². The first-order valence-corrected chi connectivity index (χ1v) is 6.16. The Morgan fingerprint density at radius 1 is 1.50 bits per heavy atom. The molecule has 0 bridgehead atoms. The number of hydrogen-bond acceptors (Lipinski definition) is 4. The Morgan fingerprint density at radius 3 is 3.11 bits per heavy atom. The van der Waals surface area contributed by atoms with Crippen LogP contribution in [0.2, 0.25) is 0 Å². The van der Waals surface area contributed by atoms with Gasteiger partial charge in [-0.3, -0.25) is 0 Å². The van der Waals surface area contributed by atoms with E-state index in [1.54, 1.807) is 22.2 Å². The van der Waals surface area contributed by atoms with Gasteiger partial charge in [0.1, 0.15) is 13.3 Å². The van der Waals surface area contributed by atoms with Crippen molar-refractivity contribution in [3.63, 3.8) is 0 Å². The van der Waals surface area contributed by atoms with E-state index in [1.807, 2.05) is 35.7 Å². The third-order valence-electron chi connectivity index (χ3n) is 2.07. The van der Waals surface area contributed by atoms with E-state index >= 15 is 0 Å². The number of thiophene rings is 1. The molecule has 0 fully saturated rings. The van der Waals surface area contributed by atoms with Gasteiger partial charge in [-0.15, -0.1) is 11.3 Å². The molecule has 0 amide bonds. The molecule has 1 N–H and O–H groups in total. The van der Waals surface area contributed by atoms with E-state index in [-0.39, 0.29) is 13.3 Å². The number of aromatic nitrogens is 2. The second-order valence-corrected chi connectivity index (χ2v) is 4.48. The molecule has 0 radical (unpaired) electrons. The summed E-state index contributed by atoms with van der Waals surface area (Å²) in [5, 5.41) is 14.7. The standard InChI is InChI=1S/C12H12N2O3S/c15-12(16)8-17-9-14-6-5-10(13-14)3-4-11-2-1-7-18-11/h1-7H,8-9H2,(H,15,16)/b4-3+. The summed E-state index contributed by atoms with van der Waals surface area (Å²) in [5.74, 6) is -0.986. The van der Waals surface area contributed by atoms with Gasteiger partial charge in [-0.1, -0.05) is 6.07 Å². The lowest BCUT2D eigenvalue weighted by Gasteiger charge is -2.00. The van der Waals surface area contributed by atoms with E-state index in [1.165, 1.54) is 0 Å². The first-order chi connectivity index (χ1) is 8.74. The van der Waals surface area contributed by atoms with Crippen LogP contribution in [-0.4, -0.2) is 27.5 Å². The van der Waals surface area contributed by atoms with Gasteiger partial charge in [0.05, 0.1) is 5.69 Å². The van der Waals surface area contributed by atoms with Crippen LogP contribution in [0.15, 0.2) is 29.8 Å². The molecule has 6 heteroatoms. The van der Waals surface area contributed by atoms with Gasteiger partial charge in [-0.2, -0.15) is 5.10 Å². The Hall–Kier alpha value is -1.92.